The van der Waals surface area contributed by atoms with Gasteiger partial charge in [0.2, 0.25) is 0 Å². The molecule has 0 aliphatic rings. The minimum Gasteiger partial charge on any atom is -0.0623 e. The first kappa shape index (κ1) is 1.12. The van der Waals surface area contributed by atoms with Crippen molar-refractivity contribution in [2.75, 3.05) is 0 Å². The summed E-state index contributed by atoms with van der Waals surface area (Å²) in [7, 11) is 0. The van der Waals surface area contributed by atoms with Crippen molar-refractivity contribution < 1.29 is 12.3 Å². The lowest BCUT2D eigenvalue weighted by Crippen LogP contribution is -2.12. The van der Waals surface area contributed by atoms with Gasteiger partial charge in [0.05, 0.1) is 0 Å². The van der Waals surface area contributed by atoms with Crippen molar-refractivity contribution in [2.45, 2.75) is 34.4 Å². The summed E-state index contributed by atoms with van der Waals surface area (Å²) < 4.78 is 65.6. The number of hydrogen-bond donors (Lipinski definition) is 0. The SMILES string of the molecule is [2H]C([2H])([2H])C(C(C)C)(C([2H])([2H])[2H])C([2H])([2H])[2H]. The lowest BCUT2D eigenvalue weighted by atomic mass is 9.84. The molecule has 0 rings (SSSR count). The molecule has 0 atom stereocenters. The average Bonchev–Trinajstić information content (AvgIpc) is 1.71. The van der Waals surface area contributed by atoms with E-state index in [0.29, 0.717) is 0 Å². The van der Waals surface area contributed by atoms with Gasteiger partial charge in [0.25, 0.3) is 0 Å². The predicted molar refractivity (Wildman–Crippen MR) is 34.3 cm³/mol. The van der Waals surface area contributed by atoms with Gasteiger partial charge < -0.3 is 0 Å². The summed E-state index contributed by atoms with van der Waals surface area (Å²) >= 11 is 0. The van der Waals surface area contributed by atoms with Gasteiger partial charge >= 0.3 is 0 Å². The zero-order valence-corrected chi connectivity index (χ0v) is 4.58. The van der Waals surface area contributed by atoms with Gasteiger partial charge in [0.1, 0.15) is 0 Å². The summed E-state index contributed by atoms with van der Waals surface area (Å²) in [6, 6.07) is 0. The van der Waals surface area contributed by atoms with E-state index in [-0.39, 0.29) is 0 Å². The second kappa shape index (κ2) is 1.85. The van der Waals surface area contributed by atoms with E-state index in [1.165, 1.54) is 13.8 Å². The van der Waals surface area contributed by atoms with Crippen LogP contribution in [-0.2, 0) is 0 Å². The molecule has 0 aromatic rings. The van der Waals surface area contributed by atoms with Gasteiger partial charge in [-0.05, 0) is 11.3 Å². The minimum absolute atomic E-state index is 1.01. The number of hydrogen-bond acceptors (Lipinski definition) is 0. The zero-order chi connectivity index (χ0) is 13.6. The van der Waals surface area contributed by atoms with E-state index < -0.39 is 31.9 Å². The van der Waals surface area contributed by atoms with Crippen LogP contribution in [0.1, 0.15) is 46.7 Å². The Morgan fingerprint density at radius 2 is 1.71 bits per heavy atom. The van der Waals surface area contributed by atoms with Gasteiger partial charge in [0, 0.05) is 12.3 Å². The monoisotopic (exact) mass is 109 g/mol. The average molecular weight is 109 g/mol. The molecule has 0 amide bonds. The highest BCUT2D eigenvalue weighted by Gasteiger charge is 2.13. The van der Waals surface area contributed by atoms with Gasteiger partial charge in [-0.2, -0.15) is 0 Å². The Balaban J connectivity index is 6.05. The molecule has 0 N–H and O–H groups in total. The van der Waals surface area contributed by atoms with Gasteiger partial charge in [0.15, 0.2) is 0 Å². The third kappa shape index (κ3) is 2.67. The van der Waals surface area contributed by atoms with Crippen LogP contribution >= 0.6 is 0 Å². The van der Waals surface area contributed by atoms with Crippen LogP contribution in [0.2, 0.25) is 0 Å². The molecule has 0 saturated carbocycles. The van der Waals surface area contributed by atoms with Crippen LogP contribution in [0, 0.1) is 11.3 Å². The molecule has 0 aliphatic heterocycles. The van der Waals surface area contributed by atoms with Crippen molar-refractivity contribution in [2.24, 2.45) is 11.3 Å². The Morgan fingerprint density at radius 3 is 1.71 bits per heavy atom. The molecular formula is C7H16. The van der Waals surface area contributed by atoms with Gasteiger partial charge in [-0.1, -0.05) is 34.4 Å². The van der Waals surface area contributed by atoms with Crippen molar-refractivity contribution in [1.29, 1.82) is 0 Å². The smallest absolute Gasteiger partial charge is 0.0236 e. The Morgan fingerprint density at radius 1 is 1.29 bits per heavy atom. The van der Waals surface area contributed by atoms with Crippen LogP contribution in [-0.4, -0.2) is 0 Å². The Kier molecular flexibility index (Phi) is 0.296. The maximum atomic E-state index is 7.29. The normalized spacial score (nSPS) is 37.3. The molecule has 0 aromatic heterocycles. The predicted octanol–water partition coefficient (Wildman–Crippen LogP) is 2.69. The Labute approximate surface area is 59.6 Å². The third-order valence-electron chi connectivity index (χ3n) is 0.866. The summed E-state index contributed by atoms with van der Waals surface area (Å²) in [5, 5.41) is 0. The van der Waals surface area contributed by atoms with E-state index in [4.69, 9.17) is 12.3 Å². The van der Waals surface area contributed by atoms with E-state index in [1.54, 1.807) is 0 Å². The summed E-state index contributed by atoms with van der Waals surface area (Å²) in [5.41, 5.74) is -2.69. The van der Waals surface area contributed by atoms with Gasteiger partial charge in [-0.25, -0.2) is 0 Å². The van der Waals surface area contributed by atoms with Crippen LogP contribution in [0.25, 0.3) is 0 Å². The van der Waals surface area contributed by atoms with Gasteiger partial charge in [-0.3, -0.25) is 0 Å². The fraction of sp³-hybridized carbons (Fsp3) is 1.00. The maximum absolute atomic E-state index is 7.29. The van der Waals surface area contributed by atoms with Crippen LogP contribution < -0.4 is 0 Å². The van der Waals surface area contributed by atoms with Crippen molar-refractivity contribution in [3.8, 4) is 0 Å². The first-order valence-electron chi connectivity index (χ1n) is 6.69. The molecule has 0 unspecified atom stereocenters. The molecule has 0 spiro atoms. The highest BCUT2D eigenvalue weighted by atomic mass is 14.2. The molecule has 0 saturated heterocycles. The van der Waals surface area contributed by atoms with Crippen molar-refractivity contribution in [1.82, 2.24) is 0 Å². The lowest BCUT2D eigenvalue weighted by molar-refractivity contribution is 0.283. The largest absolute Gasteiger partial charge is 0.0623 e. The van der Waals surface area contributed by atoms with Crippen LogP contribution in [0.15, 0.2) is 0 Å². The topological polar surface area (TPSA) is 0 Å². The van der Waals surface area contributed by atoms with Crippen LogP contribution in [0.4, 0.5) is 0 Å². The second-order valence-electron chi connectivity index (χ2n) is 1.96. The fourth-order valence-electron chi connectivity index (χ4n) is 0. The van der Waals surface area contributed by atoms with Crippen molar-refractivity contribution in [3.63, 3.8) is 0 Å². The third-order valence-corrected chi connectivity index (χ3v) is 0.866. The van der Waals surface area contributed by atoms with Crippen molar-refractivity contribution in [3.05, 3.63) is 0 Å². The summed E-state index contributed by atoms with van der Waals surface area (Å²) in [4.78, 5) is 0. The molecule has 7 heavy (non-hydrogen) atoms. The molecular weight excluding hydrogens is 84.1 g/mol. The van der Waals surface area contributed by atoms with E-state index in [0.717, 1.165) is 0 Å². The zero-order valence-electron chi connectivity index (χ0n) is 13.6. The maximum Gasteiger partial charge on any atom is 0.0236 e. The first-order valence-corrected chi connectivity index (χ1v) is 2.19. The molecule has 0 fully saturated rings. The molecule has 0 heterocycles. The molecule has 0 radical (unpaired) electrons. The van der Waals surface area contributed by atoms with E-state index in [2.05, 4.69) is 0 Å². The molecule has 0 aliphatic carbocycles. The molecule has 0 aromatic carbocycles. The summed E-state index contributed by atoms with van der Waals surface area (Å²) in [5.74, 6) is -1.01. The molecule has 0 nitrogen and oxygen atoms in total. The highest BCUT2D eigenvalue weighted by Crippen LogP contribution is 2.23. The quantitative estimate of drug-likeness (QED) is 0.448. The van der Waals surface area contributed by atoms with Crippen LogP contribution in [0.3, 0.4) is 0 Å². The molecule has 0 heteroatoms. The molecule has 0 bridgehead atoms. The van der Waals surface area contributed by atoms with Crippen molar-refractivity contribution >= 4 is 0 Å². The Bertz CT molecular complexity index is 204. The van der Waals surface area contributed by atoms with Gasteiger partial charge in [-0.15, -0.1) is 0 Å². The fourth-order valence-corrected chi connectivity index (χ4v) is 0. The summed E-state index contributed by atoms with van der Waals surface area (Å²) in [6.07, 6.45) is 0. The standard InChI is InChI=1S/C7H16/c1-6(2)7(3,4)5/h6H,1-5H3/i3D3,4D3,5D3. The van der Waals surface area contributed by atoms with E-state index in [9.17, 15) is 0 Å². The molecule has 44 valence electrons. The van der Waals surface area contributed by atoms with E-state index >= 15 is 0 Å². The lowest BCUT2D eigenvalue weighted by Gasteiger charge is -2.22. The van der Waals surface area contributed by atoms with E-state index in [1.807, 2.05) is 0 Å². The second-order valence-corrected chi connectivity index (χ2v) is 1.96. The minimum atomic E-state index is -3.07. The Hall–Kier alpha value is 0. The number of rotatable bonds is 0. The van der Waals surface area contributed by atoms with Crippen LogP contribution in [0.5, 0.6) is 0 Å². The summed E-state index contributed by atoms with van der Waals surface area (Å²) in [6.45, 7) is -6.59. The highest BCUT2D eigenvalue weighted by molar-refractivity contribution is 4.64. The first-order chi connectivity index (χ1) is 6.69.